The second-order valence-electron chi connectivity index (χ2n) is 11.2. The minimum Gasteiger partial charge on any atom is -0.463 e. The molecule has 1 heterocycles. The average Bonchev–Trinajstić information content (AvgIpc) is 3.12. The number of hydrogen-bond donors (Lipinski definition) is 1. The summed E-state index contributed by atoms with van der Waals surface area (Å²) in [4.78, 5) is 15.9. The van der Waals surface area contributed by atoms with Crippen molar-refractivity contribution in [3.8, 4) is 6.07 Å². The van der Waals surface area contributed by atoms with Crippen molar-refractivity contribution >= 4 is 11.5 Å². The Balaban J connectivity index is 1.47. The summed E-state index contributed by atoms with van der Waals surface area (Å²) in [7, 11) is 0. The monoisotopic (exact) mass is 434 g/mol. The van der Waals surface area contributed by atoms with Crippen molar-refractivity contribution in [1.29, 1.82) is 5.26 Å². The Labute approximate surface area is 190 Å². The Hall–Kier alpha value is -2.19. The molecule has 1 aromatic rings. The summed E-state index contributed by atoms with van der Waals surface area (Å²) < 4.78 is 5.53. The van der Waals surface area contributed by atoms with Crippen molar-refractivity contribution in [1.82, 2.24) is 4.98 Å². The van der Waals surface area contributed by atoms with E-state index in [1.165, 1.54) is 18.1 Å². The number of aromatic nitrogens is 1. The van der Waals surface area contributed by atoms with Gasteiger partial charge in [0, 0.05) is 25.2 Å². The van der Waals surface area contributed by atoms with E-state index in [1.807, 2.05) is 18.5 Å². The second kappa shape index (κ2) is 7.42. The summed E-state index contributed by atoms with van der Waals surface area (Å²) in [6.45, 7) is 6.13. The molecule has 3 fully saturated rings. The molecule has 170 valence electrons. The molecular weight excluding hydrogens is 400 g/mol. The quantitative estimate of drug-likeness (QED) is 0.528. The normalized spacial score (nSPS) is 45.0. The molecule has 1 N–H and O–H groups in total. The zero-order chi connectivity index (χ0) is 22.7. The predicted molar refractivity (Wildman–Crippen MR) is 121 cm³/mol. The molecule has 32 heavy (non-hydrogen) atoms. The minimum absolute atomic E-state index is 0.0543. The number of esters is 1. The first-order valence-electron chi connectivity index (χ1n) is 12.1. The van der Waals surface area contributed by atoms with E-state index in [0.29, 0.717) is 30.6 Å². The Bertz CT molecular complexity index is 984. The van der Waals surface area contributed by atoms with Crippen LogP contribution in [0.4, 0.5) is 0 Å². The Morgan fingerprint density at radius 2 is 2.09 bits per heavy atom. The van der Waals surface area contributed by atoms with Gasteiger partial charge in [-0.25, -0.2) is 0 Å². The fourth-order valence-electron chi connectivity index (χ4n) is 8.38. The van der Waals surface area contributed by atoms with Gasteiger partial charge >= 0.3 is 5.97 Å². The predicted octanol–water partition coefficient (Wildman–Crippen LogP) is 4.91. The van der Waals surface area contributed by atoms with Crippen LogP contribution in [0.25, 0.3) is 5.57 Å². The van der Waals surface area contributed by atoms with Crippen LogP contribution >= 0.6 is 0 Å². The zero-order valence-corrected chi connectivity index (χ0v) is 19.4. The molecule has 8 atom stereocenters. The molecule has 3 saturated carbocycles. The molecule has 3 unspecified atom stereocenters. The van der Waals surface area contributed by atoms with Crippen molar-refractivity contribution < 1.29 is 14.6 Å². The molecule has 1 aromatic heterocycles. The van der Waals surface area contributed by atoms with E-state index in [2.05, 4.69) is 37.0 Å². The highest BCUT2D eigenvalue weighted by Gasteiger charge is 2.65. The summed E-state index contributed by atoms with van der Waals surface area (Å²) >= 11 is 0. The van der Waals surface area contributed by atoms with Gasteiger partial charge in [-0.3, -0.25) is 9.78 Å². The molecule has 0 aliphatic heterocycles. The second-order valence-corrected chi connectivity index (χ2v) is 11.2. The SMILES string of the molecule is CC(=O)OC1CC[C@@]2(C)C(C1)C(O)(C#N)C[C@@H]1[C@H]2CC[C@]2(C)C(c3cccnc3)=CC[C@@H]12. The first-order valence-corrected chi connectivity index (χ1v) is 12.1. The van der Waals surface area contributed by atoms with E-state index >= 15 is 0 Å². The van der Waals surface area contributed by atoms with Crippen LogP contribution in [0.2, 0.25) is 0 Å². The van der Waals surface area contributed by atoms with E-state index in [9.17, 15) is 15.2 Å². The van der Waals surface area contributed by atoms with Crippen molar-refractivity contribution in [2.45, 2.75) is 77.4 Å². The lowest BCUT2D eigenvalue weighted by Gasteiger charge is -2.63. The van der Waals surface area contributed by atoms with Gasteiger partial charge in [0.2, 0.25) is 0 Å². The number of nitriles is 1. The molecule has 4 aliphatic rings. The number of allylic oxidation sites excluding steroid dienone is 2. The fraction of sp³-hybridized carbons (Fsp3) is 0.667. The van der Waals surface area contributed by atoms with Gasteiger partial charge in [-0.1, -0.05) is 26.0 Å². The number of ether oxygens (including phenoxy) is 1. The summed E-state index contributed by atoms with van der Waals surface area (Å²) in [5.41, 5.74) is 1.17. The fourth-order valence-corrected chi connectivity index (χ4v) is 8.38. The van der Waals surface area contributed by atoms with E-state index in [4.69, 9.17) is 4.74 Å². The number of fused-ring (bicyclic) bond motifs is 5. The van der Waals surface area contributed by atoms with Gasteiger partial charge in [-0.05, 0) is 90.7 Å². The maximum absolute atomic E-state index is 11.7. The lowest BCUT2D eigenvalue weighted by atomic mass is 9.41. The van der Waals surface area contributed by atoms with Crippen LogP contribution in [0.1, 0.15) is 71.3 Å². The molecule has 0 radical (unpaired) electrons. The zero-order valence-electron chi connectivity index (χ0n) is 19.4. The van der Waals surface area contributed by atoms with Crippen molar-refractivity contribution in [3.05, 3.63) is 36.2 Å². The number of carbonyl (C=O) groups excluding carboxylic acids is 1. The largest absolute Gasteiger partial charge is 0.463 e. The summed E-state index contributed by atoms with van der Waals surface area (Å²) in [5.74, 6) is 0.798. The Morgan fingerprint density at radius 3 is 2.78 bits per heavy atom. The summed E-state index contributed by atoms with van der Waals surface area (Å²) in [6.07, 6.45) is 12.0. The molecule has 0 bridgehead atoms. The number of aliphatic hydroxyl groups is 1. The molecule has 0 aromatic carbocycles. The first-order chi connectivity index (χ1) is 15.2. The van der Waals surface area contributed by atoms with Crippen LogP contribution in [-0.4, -0.2) is 27.8 Å². The number of carbonyl (C=O) groups is 1. The smallest absolute Gasteiger partial charge is 0.302 e. The van der Waals surface area contributed by atoms with Crippen molar-refractivity contribution in [2.75, 3.05) is 0 Å². The van der Waals surface area contributed by atoms with Crippen LogP contribution < -0.4 is 0 Å². The maximum Gasteiger partial charge on any atom is 0.302 e. The first kappa shape index (κ1) is 21.6. The summed E-state index contributed by atoms with van der Waals surface area (Å²) in [6, 6.07) is 6.49. The minimum atomic E-state index is -1.37. The van der Waals surface area contributed by atoms with Gasteiger partial charge in [-0.2, -0.15) is 5.26 Å². The van der Waals surface area contributed by atoms with E-state index < -0.39 is 5.60 Å². The summed E-state index contributed by atoms with van der Waals surface area (Å²) in [5, 5.41) is 21.9. The number of nitrogens with zero attached hydrogens (tertiary/aromatic N) is 2. The molecular formula is C27H34N2O3. The third kappa shape index (κ3) is 3.06. The lowest BCUT2D eigenvalue weighted by Crippen LogP contribution is -2.62. The van der Waals surface area contributed by atoms with Gasteiger partial charge in [-0.15, -0.1) is 0 Å². The number of pyridine rings is 1. The van der Waals surface area contributed by atoms with Gasteiger partial charge in [0.05, 0.1) is 6.07 Å². The lowest BCUT2D eigenvalue weighted by molar-refractivity contribution is -0.196. The van der Waals surface area contributed by atoms with Crippen LogP contribution in [0.5, 0.6) is 0 Å². The topological polar surface area (TPSA) is 83.2 Å². The van der Waals surface area contributed by atoms with Crippen molar-refractivity contribution in [2.24, 2.45) is 34.5 Å². The third-order valence-electron chi connectivity index (χ3n) is 9.79. The molecule has 5 rings (SSSR count). The van der Waals surface area contributed by atoms with E-state index in [-0.39, 0.29) is 28.8 Å². The molecule has 5 nitrogen and oxygen atoms in total. The van der Waals surface area contributed by atoms with Crippen LogP contribution in [0.3, 0.4) is 0 Å². The maximum atomic E-state index is 11.7. The van der Waals surface area contributed by atoms with Gasteiger partial charge in [0.25, 0.3) is 0 Å². The molecule has 0 amide bonds. The molecule has 4 aliphatic carbocycles. The Kier molecular flexibility index (Phi) is 5.02. The molecule has 0 saturated heterocycles. The van der Waals surface area contributed by atoms with Gasteiger partial charge in [0.15, 0.2) is 5.60 Å². The van der Waals surface area contributed by atoms with Crippen LogP contribution in [-0.2, 0) is 9.53 Å². The standard InChI is InChI=1S/C27H34N2O3/c1-17(30)32-19-8-10-26(3)23-9-11-25(2)21(18-5-4-12-29-15-18)6-7-22(25)20(23)14-27(31,16-28)24(26)13-19/h4-6,12,15,19-20,22-24,31H,7-11,13-14H2,1-3H3/t19?,20-,22-,23+,24?,25+,26+,27?/m0/s1. The number of hydrogen-bond acceptors (Lipinski definition) is 5. The molecule has 0 spiro atoms. The average molecular weight is 435 g/mol. The highest BCUT2D eigenvalue weighted by atomic mass is 16.5. The van der Waals surface area contributed by atoms with Crippen molar-refractivity contribution in [3.63, 3.8) is 0 Å². The van der Waals surface area contributed by atoms with Gasteiger partial charge < -0.3 is 9.84 Å². The highest BCUT2D eigenvalue weighted by molar-refractivity contribution is 5.72. The number of rotatable bonds is 2. The van der Waals surface area contributed by atoms with E-state index in [1.54, 1.807) is 0 Å². The van der Waals surface area contributed by atoms with E-state index in [0.717, 1.165) is 32.1 Å². The van der Waals surface area contributed by atoms with Crippen LogP contribution in [0.15, 0.2) is 30.6 Å². The van der Waals surface area contributed by atoms with Gasteiger partial charge in [0.1, 0.15) is 6.10 Å². The Morgan fingerprint density at radius 1 is 1.28 bits per heavy atom. The molecule has 5 heteroatoms. The third-order valence-corrected chi connectivity index (χ3v) is 9.79. The highest BCUT2D eigenvalue weighted by Crippen LogP contribution is 2.69. The van der Waals surface area contributed by atoms with Crippen LogP contribution in [0, 0.1) is 45.8 Å².